The minimum Gasteiger partial charge on any atom is -0.506 e. The third kappa shape index (κ3) is 3.62. The van der Waals surface area contributed by atoms with Gasteiger partial charge in [-0.25, -0.2) is 4.79 Å². The van der Waals surface area contributed by atoms with Crippen LogP contribution in [0.2, 0.25) is 0 Å². The number of hydrogen-bond acceptors (Lipinski definition) is 7. The van der Waals surface area contributed by atoms with Gasteiger partial charge in [0.25, 0.3) is 5.56 Å². The van der Waals surface area contributed by atoms with Gasteiger partial charge >= 0.3 is 11.9 Å². The Morgan fingerprint density at radius 2 is 2.00 bits per heavy atom. The Hall–Kier alpha value is -3.55. The number of hydrogen-bond donors (Lipinski definition) is 2. The van der Waals surface area contributed by atoms with E-state index in [4.69, 9.17) is 9.47 Å². The fourth-order valence-electron chi connectivity index (χ4n) is 3.13. The minimum absolute atomic E-state index is 0.111. The highest BCUT2D eigenvalue weighted by Gasteiger charge is 2.31. The molecule has 0 saturated heterocycles. The Morgan fingerprint density at radius 1 is 1.25 bits per heavy atom. The molecule has 1 atom stereocenters. The van der Waals surface area contributed by atoms with Gasteiger partial charge in [0.15, 0.2) is 0 Å². The van der Waals surface area contributed by atoms with Gasteiger partial charge in [-0.1, -0.05) is 18.2 Å². The number of ether oxygens (including phenoxy) is 3. The minimum atomic E-state index is -0.853. The number of carbonyl (C=O) groups excluding carboxylic acids is 2. The van der Waals surface area contributed by atoms with Gasteiger partial charge in [0.05, 0.1) is 26.2 Å². The Bertz CT molecular complexity index is 1010. The first-order valence-electron chi connectivity index (χ1n) is 8.48. The van der Waals surface area contributed by atoms with E-state index in [-0.39, 0.29) is 24.2 Å². The van der Waals surface area contributed by atoms with Crippen LogP contribution in [-0.4, -0.2) is 42.9 Å². The van der Waals surface area contributed by atoms with Crippen LogP contribution in [-0.2, 0) is 14.3 Å². The van der Waals surface area contributed by atoms with Gasteiger partial charge in [0.1, 0.15) is 23.7 Å². The molecule has 0 saturated carbocycles. The topological polar surface area (TPSA) is 115 Å². The molecule has 0 amide bonds. The number of pyridine rings is 1. The number of nitrogens with one attached hydrogen (secondary N) is 1. The van der Waals surface area contributed by atoms with E-state index >= 15 is 0 Å². The molecule has 0 bridgehead atoms. The molecule has 0 unspecified atom stereocenters. The Balaban J connectivity index is 2.15. The van der Waals surface area contributed by atoms with Crippen molar-refractivity contribution in [3.63, 3.8) is 0 Å². The van der Waals surface area contributed by atoms with Gasteiger partial charge in [0.2, 0.25) is 0 Å². The number of methoxy groups -OCH3 is 2. The molecule has 8 heteroatoms. The number of aromatic amines is 1. The monoisotopic (exact) mass is 385 g/mol. The van der Waals surface area contributed by atoms with E-state index in [0.717, 1.165) is 18.9 Å². The summed E-state index contributed by atoms with van der Waals surface area (Å²) in [6.45, 7) is 0.111. The molecule has 28 heavy (non-hydrogen) atoms. The fourth-order valence-corrected chi connectivity index (χ4v) is 3.13. The molecule has 0 fully saturated rings. The highest BCUT2D eigenvalue weighted by atomic mass is 16.5. The molecule has 8 nitrogen and oxygen atoms in total. The molecule has 1 aliphatic heterocycles. The van der Waals surface area contributed by atoms with Gasteiger partial charge in [-0.15, -0.1) is 0 Å². The molecule has 146 valence electrons. The highest BCUT2D eigenvalue weighted by molar-refractivity contribution is 5.92. The van der Waals surface area contributed by atoms with Crippen LogP contribution in [0.25, 0.3) is 6.08 Å². The zero-order valence-corrected chi connectivity index (χ0v) is 15.4. The van der Waals surface area contributed by atoms with Crippen molar-refractivity contribution in [2.75, 3.05) is 20.8 Å². The first kappa shape index (κ1) is 19.2. The largest absolute Gasteiger partial charge is 0.506 e. The second-order valence-corrected chi connectivity index (χ2v) is 6.16. The van der Waals surface area contributed by atoms with E-state index in [1.807, 2.05) is 18.2 Å². The summed E-state index contributed by atoms with van der Waals surface area (Å²) in [5.41, 5.74) is 0.414. The van der Waals surface area contributed by atoms with Crippen molar-refractivity contribution in [2.45, 2.75) is 12.3 Å². The maximum Gasteiger partial charge on any atom is 0.343 e. The van der Waals surface area contributed by atoms with Gasteiger partial charge < -0.3 is 24.3 Å². The molecule has 1 aromatic heterocycles. The Labute approximate surface area is 160 Å². The summed E-state index contributed by atoms with van der Waals surface area (Å²) in [4.78, 5) is 38.8. The number of aromatic nitrogens is 1. The van der Waals surface area contributed by atoms with E-state index in [2.05, 4.69) is 9.72 Å². The second kappa shape index (κ2) is 7.99. The molecular formula is C20H19NO7. The summed E-state index contributed by atoms with van der Waals surface area (Å²) < 4.78 is 15.1. The molecule has 1 aliphatic rings. The summed E-state index contributed by atoms with van der Waals surface area (Å²) in [6.07, 6.45) is 2.66. The van der Waals surface area contributed by atoms with Gasteiger partial charge in [-0.05, 0) is 17.7 Å². The molecule has 3 rings (SSSR count). The molecule has 2 aromatic rings. The number of benzene rings is 1. The lowest BCUT2D eigenvalue weighted by molar-refractivity contribution is -0.140. The van der Waals surface area contributed by atoms with Crippen molar-refractivity contribution in [1.82, 2.24) is 4.98 Å². The molecule has 0 aliphatic carbocycles. The van der Waals surface area contributed by atoms with Crippen molar-refractivity contribution in [2.24, 2.45) is 0 Å². The van der Waals surface area contributed by atoms with E-state index in [9.17, 15) is 19.5 Å². The fraction of sp³-hybridized carbons (Fsp3) is 0.250. The lowest BCUT2D eigenvalue weighted by atomic mass is 9.86. The van der Waals surface area contributed by atoms with Crippen LogP contribution in [0, 0.1) is 0 Å². The second-order valence-electron chi connectivity index (χ2n) is 6.16. The Morgan fingerprint density at radius 3 is 2.71 bits per heavy atom. The van der Waals surface area contributed by atoms with Crippen molar-refractivity contribution in [3.05, 3.63) is 63.1 Å². The molecule has 2 N–H and O–H groups in total. The maximum atomic E-state index is 12.5. The van der Waals surface area contributed by atoms with Crippen LogP contribution in [0.3, 0.4) is 0 Å². The predicted molar refractivity (Wildman–Crippen MR) is 99.4 cm³/mol. The van der Waals surface area contributed by atoms with Crippen LogP contribution < -0.4 is 10.3 Å². The quantitative estimate of drug-likeness (QED) is 0.756. The number of rotatable bonds is 5. The van der Waals surface area contributed by atoms with E-state index in [0.29, 0.717) is 11.3 Å². The Kier molecular flexibility index (Phi) is 5.49. The first-order valence-corrected chi connectivity index (χ1v) is 8.48. The van der Waals surface area contributed by atoms with Crippen molar-refractivity contribution in [1.29, 1.82) is 0 Å². The molecular weight excluding hydrogens is 366 g/mol. The van der Waals surface area contributed by atoms with E-state index in [1.54, 1.807) is 12.1 Å². The number of aromatic hydroxyl groups is 1. The smallest absolute Gasteiger partial charge is 0.343 e. The third-order valence-corrected chi connectivity index (χ3v) is 4.56. The lowest BCUT2D eigenvalue weighted by Crippen LogP contribution is -2.25. The molecule has 1 aromatic carbocycles. The average Bonchev–Trinajstić information content (AvgIpc) is 2.72. The number of para-hydroxylation sites is 1. The number of carbonyl (C=O) groups is 2. The highest BCUT2D eigenvalue weighted by Crippen LogP contribution is 2.38. The van der Waals surface area contributed by atoms with Crippen LogP contribution in [0.4, 0.5) is 0 Å². The summed E-state index contributed by atoms with van der Waals surface area (Å²) in [5, 5.41) is 10.6. The van der Waals surface area contributed by atoms with Crippen molar-refractivity contribution < 1.29 is 28.9 Å². The SMILES string of the molecule is COC(=O)C[C@H](C1=Cc2ccccc2OC1)c1c(O)c(C(=O)OC)c[nH]c1=O. The van der Waals surface area contributed by atoms with Crippen LogP contribution >= 0.6 is 0 Å². The zero-order valence-electron chi connectivity index (χ0n) is 15.4. The van der Waals surface area contributed by atoms with Gasteiger partial charge in [-0.3, -0.25) is 9.59 Å². The predicted octanol–water partition coefficient (Wildman–Crippen LogP) is 1.99. The van der Waals surface area contributed by atoms with Gasteiger partial charge in [0, 0.05) is 17.7 Å². The summed E-state index contributed by atoms with van der Waals surface area (Å²) in [5.74, 6) is -2.11. The summed E-state index contributed by atoms with van der Waals surface area (Å²) in [6, 6.07) is 7.30. The molecule has 2 heterocycles. The molecule has 0 radical (unpaired) electrons. The maximum absolute atomic E-state index is 12.5. The summed E-state index contributed by atoms with van der Waals surface area (Å²) in [7, 11) is 2.39. The standard InChI is InChI=1S/C20H19NO7/c1-26-16(22)8-13(12-7-11-5-3-4-6-15(11)28-10-12)17-18(23)14(20(25)27-2)9-21-19(17)24/h3-7,9,13H,8,10H2,1-2H3,(H2,21,23,24)/t13-/m1/s1. The third-order valence-electron chi connectivity index (χ3n) is 4.56. The summed E-state index contributed by atoms with van der Waals surface area (Å²) >= 11 is 0. The lowest BCUT2D eigenvalue weighted by Gasteiger charge is -2.25. The van der Waals surface area contributed by atoms with Gasteiger partial charge in [-0.2, -0.15) is 0 Å². The van der Waals surface area contributed by atoms with E-state index in [1.165, 1.54) is 7.11 Å². The van der Waals surface area contributed by atoms with Crippen LogP contribution in [0.5, 0.6) is 11.5 Å². The van der Waals surface area contributed by atoms with Crippen molar-refractivity contribution >= 4 is 18.0 Å². The first-order chi connectivity index (χ1) is 13.5. The average molecular weight is 385 g/mol. The van der Waals surface area contributed by atoms with Crippen LogP contribution in [0.1, 0.15) is 33.8 Å². The van der Waals surface area contributed by atoms with Crippen LogP contribution in [0.15, 0.2) is 40.8 Å². The number of H-pyrrole nitrogens is 1. The zero-order chi connectivity index (χ0) is 20.3. The number of esters is 2. The molecule has 0 spiro atoms. The normalized spacial score (nSPS) is 13.6. The number of fused-ring (bicyclic) bond motifs is 1. The van der Waals surface area contributed by atoms with E-state index < -0.39 is 29.2 Å². The van der Waals surface area contributed by atoms with Crippen molar-refractivity contribution in [3.8, 4) is 11.5 Å².